The summed E-state index contributed by atoms with van der Waals surface area (Å²) in [5.41, 5.74) is 4.85. The third-order valence-corrected chi connectivity index (χ3v) is 5.55. The Hall–Kier alpha value is -3.77. The van der Waals surface area contributed by atoms with E-state index in [1.165, 1.54) is 12.1 Å². The molecule has 0 radical (unpaired) electrons. The van der Waals surface area contributed by atoms with Gasteiger partial charge in [0.25, 0.3) is 0 Å². The Labute approximate surface area is 217 Å². The minimum atomic E-state index is -1.01. The number of hydrogen-bond acceptors (Lipinski definition) is 3. The van der Waals surface area contributed by atoms with Gasteiger partial charge in [0.05, 0.1) is 11.3 Å². The second-order valence-corrected chi connectivity index (χ2v) is 8.01. The fourth-order valence-electron chi connectivity index (χ4n) is 3.67. The van der Waals surface area contributed by atoms with Gasteiger partial charge in [-0.2, -0.15) is 0 Å². The van der Waals surface area contributed by atoms with Gasteiger partial charge in [-0.05, 0) is 73.2 Å². The van der Waals surface area contributed by atoms with E-state index in [0.29, 0.717) is 22.1 Å². The van der Waals surface area contributed by atoms with Crippen LogP contribution >= 0.6 is 11.6 Å². The number of halogens is 2. The van der Waals surface area contributed by atoms with Crippen molar-refractivity contribution < 1.29 is 19.0 Å². The van der Waals surface area contributed by atoms with Gasteiger partial charge in [0.2, 0.25) is 0 Å². The first-order valence-electron chi connectivity index (χ1n) is 11.3. The van der Waals surface area contributed by atoms with Crippen LogP contribution in [0.15, 0.2) is 72.8 Å². The molecule has 5 nitrogen and oxygen atoms in total. The molecule has 0 bridgehead atoms. The molecule has 0 aliphatic rings. The Morgan fingerprint density at radius 2 is 1.72 bits per heavy atom. The second kappa shape index (κ2) is 12.8. The van der Waals surface area contributed by atoms with Crippen molar-refractivity contribution in [2.45, 2.75) is 34.8 Å². The number of carbonyl (C=O) groups is 1. The van der Waals surface area contributed by atoms with Gasteiger partial charge in [-0.15, -0.1) is 0 Å². The zero-order chi connectivity index (χ0) is 25.5. The van der Waals surface area contributed by atoms with Gasteiger partial charge in [-0.1, -0.05) is 45.0 Å². The summed E-state index contributed by atoms with van der Waals surface area (Å²) in [6.45, 7) is 6.20. The van der Waals surface area contributed by atoms with Crippen molar-refractivity contribution in [1.82, 2.24) is 4.57 Å². The highest BCUT2D eigenvalue weighted by atomic mass is 35.5. The highest BCUT2D eigenvalue weighted by Gasteiger charge is 2.17. The van der Waals surface area contributed by atoms with E-state index in [-0.39, 0.29) is 25.4 Å². The number of aromatic carboxylic acids is 1. The van der Waals surface area contributed by atoms with Gasteiger partial charge in [0, 0.05) is 34.7 Å². The number of nitrogens with one attached hydrogen (secondary N) is 1. The Morgan fingerprint density at radius 1 is 1.03 bits per heavy atom. The molecule has 0 saturated heterocycles. The van der Waals surface area contributed by atoms with Crippen LogP contribution < -0.4 is 10.1 Å². The summed E-state index contributed by atoms with van der Waals surface area (Å²) < 4.78 is 21.3. The van der Waals surface area contributed by atoms with Crippen molar-refractivity contribution in [2.24, 2.45) is 0 Å². The molecule has 2 N–H and O–H groups in total. The number of aryl methyl sites for hydroxylation is 1. The van der Waals surface area contributed by atoms with Gasteiger partial charge in [0.15, 0.2) is 0 Å². The average molecular weight is 511 g/mol. The van der Waals surface area contributed by atoms with Crippen LogP contribution in [-0.4, -0.2) is 22.7 Å². The van der Waals surface area contributed by atoms with Gasteiger partial charge in [0.1, 0.15) is 18.2 Å². The van der Waals surface area contributed by atoms with Gasteiger partial charge in [-0.3, -0.25) is 0 Å². The first-order valence-corrected chi connectivity index (χ1v) is 11.7. The zero-order valence-corrected chi connectivity index (χ0v) is 20.9. The molecule has 4 rings (SSSR count). The molecular formula is C29H32ClFN2O3. The average Bonchev–Trinajstić information content (AvgIpc) is 3.26. The number of carboxylic acids is 1. The summed E-state index contributed by atoms with van der Waals surface area (Å²) >= 11 is 6.33. The molecule has 36 heavy (non-hydrogen) atoms. The van der Waals surface area contributed by atoms with E-state index in [2.05, 4.69) is 5.32 Å². The summed E-state index contributed by atoms with van der Waals surface area (Å²) in [6, 6.07) is 20.5. The summed E-state index contributed by atoms with van der Waals surface area (Å²) in [7, 11) is 1.74. The summed E-state index contributed by atoms with van der Waals surface area (Å²) in [5.74, 6) is -0.708. The van der Waals surface area contributed by atoms with E-state index in [9.17, 15) is 14.3 Å². The first-order chi connectivity index (χ1) is 16.9. The van der Waals surface area contributed by atoms with Gasteiger partial charge in [-0.25, -0.2) is 9.18 Å². The van der Waals surface area contributed by atoms with Crippen molar-refractivity contribution >= 4 is 23.3 Å². The maximum absolute atomic E-state index is 13.2. The van der Waals surface area contributed by atoms with E-state index in [4.69, 9.17) is 16.3 Å². The molecule has 0 aliphatic heterocycles. The van der Waals surface area contributed by atoms with E-state index in [1.54, 1.807) is 43.4 Å². The number of hydrogen-bond donors (Lipinski definition) is 2. The predicted molar refractivity (Wildman–Crippen MR) is 146 cm³/mol. The van der Waals surface area contributed by atoms with Crippen LogP contribution in [-0.2, 0) is 6.61 Å². The van der Waals surface area contributed by atoms with Crippen LogP contribution in [0.25, 0.3) is 16.9 Å². The molecule has 0 atom stereocenters. The standard InChI is InChI=1S/C26H22ClFN2O3.C2H6.CH4/c1-16-3-9-24(30(16)22-12-18(26(31)32)11-21(14-22)29-2)23-13-19(27)6-10-25(23)33-15-17-4-7-20(28)8-5-17;1-2;/h3-14,29H,15H2,1-2H3,(H,31,32);1-2H3;1H4. The molecule has 7 heteroatoms. The van der Waals surface area contributed by atoms with Crippen molar-refractivity contribution in [3.05, 3.63) is 100 Å². The largest absolute Gasteiger partial charge is 0.488 e. The van der Waals surface area contributed by atoms with E-state index < -0.39 is 5.97 Å². The quantitative estimate of drug-likeness (QED) is 0.263. The fraction of sp³-hybridized carbons (Fsp3) is 0.207. The van der Waals surface area contributed by atoms with Crippen molar-refractivity contribution in [1.29, 1.82) is 0 Å². The number of anilines is 1. The van der Waals surface area contributed by atoms with Crippen LogP contribution in [0, 0.1) is 12.7 Å². The highest BCUT2D eigenvalue weighted by Crippen LogP contribution is 2.36. The molecule has 1 aromatic heterocycles. The molecule has 0 fully saturated rings. The molecule has 0 spiro atoms. The number of aromatic nitrogens is 1. The third-order valence-electron chi connectivity index (χ3n) is 5.31. The maximum Gasteiger partial charge on any atom is 0.335 e. The molecule has 4 aromatic rings. The van der Waals surface area contributed by atoms with Crippen molar-refractivity contribution in [2.75, 3.05) is 12.4 Å². The van der Waals surface area contributed by atoms with Crippen LogP contribution in [0.4, 0.5) is 10.1 Å². The smallest absolute Gasteiger partial charge is 0.335 e. The molecule has 3 aromatic carbocycles. The lowest BCUT2D eigenvalue weighted by molar-refractivity contribution is 0.0697. The SMILES string of the molecule is C.CC.CNc1cc(C(=O)O)cc(-n2c(C)ccc2-c2cc(Cl)ccc2OCc2ccc(F)cc2)c1. The van der Waals surface area contributed by atoms with Gasteiger partial charge >= 0.3 is 5.97 Å². The lowest BCUT2D eigenvalue weighted by Crippen LogP contribution is -2.05. The monoisotopic (exact) mass is 510 g/mol. The topological polar surface area (TPSA) is 63.5 Å². The van der Waals surface area contributed by atoms with Crippen LogP contribution in [0.3, 0.4) is 0 Å². The number of ether oxygens (including phenoxy) is 1. The van der Waals surface area contributed by atoms with Gasteiger partial charge < -0.3 is 19.7 Å². The maximum atomic E-state index is 13.2. The number of nitrogens with zero attached hydrogens (tertiary/aromatic N) is 1. The van der Waals surface area contributed by atoms with Crippen LogP contribution in [0.2, 0.25) is 5.02 Å². The molecule has 0 unspecified atom stereocenters. The lowest BCUT2D eigenvalue weighted by Gasteiger charge is -2.17. The Bertz CT molecular complexity index is 1320. The first kappa shape index (κ1) is 28.5. The molecule has 0 saturated carbocycles. The van der Waals surface area contributed by atoms with E-state index >= 15 is 0 Å². The van der Waals surface area contributed by atoms with Crippen molar-refractivity contribution in [3.8, 4) is 22.7 Å². The van der Waals surface area contributed by atoms with Crippen LogP contribution in [0.1, 0.15) is 42.9 Å². The number of benzene rings is 3. The number of rotatable bonds is 7. The number of carboxylic acid groups (broad SMARTS) is 1. The molecule has 0 amide bonds. The molecule has 1 heterocycles. The minimum Gasteiger partial charge on any atom is -0.488 e. The van der Waals surface area contributed by atoms with Crippen LogP contribution in [0.5, 0.6) is 5.75 Å². The molecule has 190 valence electrons. The fourth-order valence-corrected chi connectivity index (χ4v) is 3.84. The Morgan fingerprint density at radius 3 is 2.36 bits per heavy atom. The third kappa shape index (κ3) is 6.46. The molecule has 0 aliphatic carbocycles. The molecular weight excluding hydrogens is 479 g/mol. The highest BCUT2D eigenvalue weighted by molar-refractivity contribution is 6.31. The normalized spacial score (nSPS) is 10.1. The Balaban J connectivity index is 0.00000148. The summed E-state index contributed by atoms with van der Waals surface area (Å²) in [6.07, 6.45) is 0. The predicted octanol–water partition coefficient (Wildman–Crippen LogP) is 8.23. The Kier molecular flexibility index (Phi) is 10.1. The van der Waals surface area contributed by atoms with Crippen molar-refractivity contribution in [3.63, 3.8) is 0 Å². The second-order valence-electron chi connectivity index (χ2n) is 7.57. The van der Waals surface area contributed by atoms with E-state index in [0.717, 1.165) is 22.5 Å². The lowest BCUT2D eigenvalue weighted by atomic mass is 10.1. The van der Waals surface area contributed by atoms with E-state index in [1.807, 2.05) is 49.6 Å². The summed E-state index contributed by atoms with van der Waals surface area (Å²) in [5, 5.41) is 13.1. The zero-order valence-electron chi connectivity index (χ0n) is 20.1. The summed E-state index contributed by atoms with van der Waals surface area (Å²) in [4.78, 5) is 11.7. The minimum absolute atomic E-state index is 0.